The number of hydrogen-bond acceptors (Lipinski definition) is 5. The van der Waals surface area contributed by atoms with Crippen molar-refractivity contribution in [3.63, 3.8) is 0 Å². The van der Waals surface area contributed by atoms with E-state index in [-0.39, 0.29) is 5.56 Å². The third-order valence-electron chi connectivity index (χ3n) is 4.43. The molecule has 0 unspecified atom stereocenters. The summed E-state index contributed by atoms with van der Waals surface area (Å²) in [6.45, 7) is -0.736. The van der Waals surface area contributed by atoms with Crippen LogP contribution in [-0.4, -0.2) is 18.5 Å². The molecule has 0 radical (unpaired) electrons. The number of alkyl halides is 3. The molecule has 0 aliphatic rings. The second-order valence-corrected chi connectivity index (χ2v) is 7.78. The van der Waals surface area contributed by atoms with Crippen molar-refractivity contribution in [1.82, 2.24) is 0 Å². The van der Waals surface area contributed by atoms with Crippen LogP contribution >= 0.6 is 11.8 Å². The molecule has 168 valence electrons. The number of rotatable bonds is 7. The Morgan fingerprint density at radius 2 is 1.64 bits per heavy atom. The van der Waals surface area contributed by atoms with Crippen LogP contribution in [0.5, 0.6) is 0 Å². The SMILES string of the molecule is N#Cc1ccc(CSc2ccccc2C(=O)OCC(=O)Nc2ccccc2C(F)(F)F)cc1. The largest absolute Gasteiger partial charge is 0.452 e. The van der Waals surface area contributed by atoms with Gasteiger partial charge in [-0.3, -0.25) is 4.79 Å². The highest BCUT2D eigenvalue weighted by atomic mass is 32.2. The Kier molecular flexibility index (Phi) is 7.74. The fraction of sp³-hybridized carbons (Fsp3) is 0.125. The fourth-order valence-electron chi connectivity index (χ4n) is 2.83. The number of nitrogens with one attached hydrogen (secondary N) is 1. The molecule has 33 heavy (non-hydrogen) atoms. The molecule has 0 spiro atoms. The van der Waals surface area contributed by atoms with Crippen molar-refractivity contribution in [1.29, 1.82) is 5.26 Å². The molecule has 1 amide bonds. The van der Waals surface area contributed by atoms with Gasteiger partial charge in [-0.15, -0.1) is 11.8 Å². The number of benzene rings is 3. The standard InChI is InChI=1S/C24H17F3N2O3S/c25-24(26,27)19-6-2-3-7-20(19)29-22(30)14-32-23(31)18-5-1-4-8-21(18)33-15-17-11-9-16(13-28)10-12-17/h1-12H,14-15H2,(H,29,30). The molecular formula is C24H17F3N2O3S. The maximum absolute atomic E-state index is 13.1. The summed E-state index contributed by atoms with van der Waals surface area (Å²) in [5, 5.41) is 11.0. The summed E-state index contributed by atoms with van der Waals surface area (Å²) in [6, 6.07) is 20.3. The summed E-state index contributed by atoms with van der Waals surface area (Å²) in [5.41, 5.74) is 0.326. The van der Waals surface area contributed by atoms with Gasteiger partial charge in [-0.2, -0.15) is 18.4 Å². The third kappa shape index (κ3) is 6.60. The zero-order valence-electron chi connectivity index (χ0n) is 17.1. The van der Waals surface area contributed by atoms with E-state index in [0.29, 0.717) is 16.2 Å². The van der Waals surface area contributed by atoms with E-state index in [1.54, 1.807) is 36.4 Å². The Morgan fingerprint density at radius 3 is 2.33 bits per heavy atom. The van der Waals surface area contributed by atoms with Gasteiger partial charge in [0.1, 0.15) is 0 Å². The lowest BCUT2D eigenvalue weighted by atomic mass is 10.1. The highest BCUT2D eigenvalue weighted by Crippen LogP contribution is 2.34. The van der Waals surface area contributed by atoms with Crippen LogP contribution in [0.1, 0.15) is 27.0 Å². The molecule has 0 saturated carbocycles. The second kappa shape index (κ2) is 10.7. The van der Waals surface area contributed by atoms with Crippen molar-refractivity contribution >= 4 is 29.3 Å². The fourth-order valence-corrected chi connectivity index (χ4v) is 3.83. The van der Waals surface area contributed by atoms with Gasteiger partial charge in [0.15, 0.2) is 6.61 Å². The smallest absolute Gasteiger partial charge is 0.418 e. The van der Waals surface area contributed by atoms with E-state index in [0.717, 1.165) is 17.7 Å². The molecule has 0 atom stereocenters. The minimum Gasteiger partial charge on any atom is -0.452 e. The second-order valence-electron chi connectivity index (χ2n) is 6.76. The number of esters is 1. The Balaban J connectivity index is 1.61. The van der Waals surface area contributed by atoms with Crippen LogP contribution in [0, 0.1) is 11.3 Å². The van der Waals surface area contributed by atoms with Gasteiger partial charge in [-0.25, -0.2) is 4.79 Å². The van der Waals surface area contributed by atoms with Gasteiger partial charge in [0.25, 0.3) is 5.91 Å². The minimum absolute atomic E-state index is 0.236. The van der Waals surface area contributed by atoms with Crippen molar-refractivity contribution in [3.8, 4) is 6.07 Å². The normalized spacial score (nSPS) is 10.8. The summed E-state index contributed by atoms with van der Waals surface area (Å²) in [5.74, 6) is -1.12. The monoisotopic (exact) mass is 470 g/mol. The van der Waals surface area contributed by atoms with Crippen molar-refractivity contribution in [2.24, 2.45) is 0 Å². The highest BCUT2D eigenvalue weighted by molar-refractivity contribution is 7.98. The molecule has 0 saturated heterocycles. The van der Waals surface area contributed by atoms with Gasteiger partial charge in [-0.05, 0) is 42.0 Å². The summed E-state index contributed by atoms with van der Waals surface area (Å²) in [7, 11) is 0. The van der Waals surface area contributed by atoms with Crippen molar-refractivity contribution in [2.75, 3.05) is 11.9 Å². The number of hydrogen-bond donors (Lipinski definition) is 1. The Morgan fingerprint density at radius 1 is 0.970 bits per heavy atom. The third-order valence-corrected chi connectivity index (χ3v) is 5.57. The van der Waals surface area contributed by atoms with E-state index < -0.39 is 35.9 Å². The van der Waals surface area contributed by atoms with Crippen LogP contribution in [0.15, 0.2) is 77.7 Å². The van der Waals surface area contributed by atoms with Gasteiger partial charge >= 0.3 is 12.1 Å². The molecule has 3 aromatic rings. The number of amides is 1. The predicted molar refractivity (Wildman–Crippen MR) is 118 cm³/mol. The van der Waals surface area contributed by atoms with Gasteiger partial charge in [0.2, 0.25) is 0 Å². The maximum Gasteiger partial charge on any atom is 0.418 e. The average molecular weight is 470 g/mol. The first-order chi connectivity index (χ1) is 15.8. The van der Waals surface area contributed by atoms with Crippen LogP contribution < -0.4 is 5.32 Å². The van der Waals surface area contributed by atoms with Crippen molar-refractivity contribution in [2.45, 2.75) is 16.8 Å². The molecular weight excluding hydrogens is 453 g/mol. The Hall–Kier alpha value is -3.77. The summed E-state index contributed by atoms with van der Waals surface area (Å²) >= 11 is 1.37. The number of para-hydroxylation sites is 1. The number of ether oxygens (including phenoxy) is 1. The first-order valence-corrected chi connectivity index (χ1v) is 10.6. The van der Waals surface area contributed by atoms with E-state index >= 15 is 0 Å². The lowest BCUT2D eigenvalue weighted by Crippen LogP contribution is -2.23. The molecule has 0 heterocycles. The number of thioether (sulfide) groups is 1. The molecule has 3 rings (SSSR count). The van der Waals surface area contributed by atoms with E-state index in [1.165, 1.54) is 23.9 Å². The van der Waals surface area contributed by atoms with E-state index in [2.05, 4.69) is 5.32 Å². The molecule has 0 fully saturated rings. The Bertz CT molecular complexity index is 1190. The minimum atomic E-state index is -4.63. The number of nitriles is 1. The number of carbonyl (C=O) groups is 2. The topological polar surface area (TPSA) is 79.2 Å². The molecule has 0 aromatic heterocycles. The zero-order valence-corrected chi connectivity index (χ0v) is 17.9. The zero-order chi connectivity index (χ0) is 23.8. The lowest BCUT2D eigenvalue weighted by Gasteiger charge is -2.14. The number of halogens is 3. The lowest BCUT2D eigenvalue weighted by molar-refractivity contribution is -0.137. The van der Waals surface area contributed by atoms with Gasteiger partial charge in [0.05, 0.1) is 28.4 Å². The number of nitrogens with zero attached hydrogens (tertiary/aromatic N) is 1. The summed E-state index contributed by atoms with van der Waals surface area (Å²) in [6.07, 6.45) is -4.63. The van der Waals surface area contributed by atoms with Crippen LogP contribution in [0.2, 0.25) is 0 Å². The summed E-state index contributed by atoms with van der Waals surface area (Å²) < 4.78 is 44.2. The first kappa shape index (κ1) is 23.9. The van der Waals surface area contributed by atoms with Crippen molar-refractivity contribution < 1.29 is 27.5 Å². The molecule has 5 nitrogen and oxygen atoms in total. The average Bonchev–Trinajstić information content (AvgIpc) is 2.81. The van der Waals surface area contributed by atoms with Crippen LogP contribution in [0.25, 0.3) is 0 Å². The van der Waals surface area contributed by atoms with Gasteiger partial charge in [-0.1, -0.05) is 36.4 Å². The van der Waals surface area contributed by atoms with E-state index in [1.807, 2.05) is 18.2 Å². The quantitative estimate of drug-likeness (QED) is 0.356. The summed E-state index contributed by atoms with van der Waals surface area (Å²) in [4.78, 5) is 25.2. The molecule has 0 bridgehead atoms. The van der Waals surface area contributed by atoms with Gasteiger partial charge < -0.3 is 10.1 Å². The van der Waals surface area contributed by atoms with Gasteiger partial charge in [0, 0.05) is 10.6 Å². The highest BCUT2D eigenvalue weighted by Gasteiger charge is 2.33. The molecule has 3 aromatic carbocycles. The molecule has 9 heteroatoms. The van der Waals surface area contributed by atoms with Crippen LogP contribution in [0.3, 0.4) is 0 Å². The molecule has 0 aliphatic carbocycles. The van der Waals surface area contributed by atoms with Crippen LogP contribution in [0.4, 0.5) is 18.9 Å². The van der Waals surface area contributed by atoms with E-state index in [9.17, 15) is 22.8 Å². The molecule has 1 N–H and O–H groups in total. The Labute approximate surface area is 192 Å². The first-order valence-electron chi connectivity index (χ1n) is 9.62. The van der Waals surface area contributed by atoms with Crippen LogP contribution in [-0.2, 0) is 21.5 Å². The van der Waals surface area contributed by atoms with E-state index in [4.69, 9.17) is 10.00 Å². The predicted octanol–water partition coefficient (Wildman–Crippen LogP) is 5.66. The molecule has 0 aliphatic heterocycles. The maximum atomic E-state index is 13.1. The number of anilines is 1. The van der Waals surface area contributed by atoms with Crippen molar-refractivity contribution in [3.05, 3.63) is 95.1 Å². The number of carbonyl (C=O) groups excluding carboxylic acids is 2.